The van der Waals surface area contributed by atoms with Gasteiger partial charge in [-0.2, -0.15) is 5.10 Å². The fourth-order valence-corrected chi connectivity index (χ4v) is 4.14. The van der Waals surface area contributed by atoms with Crippen LogP contribution in [0.1, 0.15) is 19.8 Å². The van der Waals surface area contributed by atoms with E-state index in [-0.39, 0.29) is 10.9 Å². The van der Waals surface area contributed by atoms with Gasteiger partial charge in [-0.15, -0.1) is 0 Å². The highest BCUT2D eigenvalue weighted by Gasteiger charge is 2.25. The molecule has 24 heavy (non-hydrogen) atoms. The van der Waals surface area contributed by atoms with E-state index in [2.05, 4.69) is 22.1 Å². The third kappa shape index (κ3) is 3.61. The SMILES string of the molecule is COc1ccccc1-n1cc(S(=O)(=O)NC2CCNC(C)C2)cn1. The molecule has 2 atom stereocenters. The van der Waals surface area contributed by atoms with Crippen LogP contribution in [0.25, 0.3) is 5.69 Å². The van der Waals surface area contributed by atoms with Crippen LogP contribution in [0.4, 0.5) is 0 Å². The van der Waals surface area contributed by atoms with Gasteiger partial charge in [0.15, 0.2) is 0 Å². The van der Waals surface area contributed by atoms with Crippen LogP contribution >= 0.6 is 0 Å². The summed E-state index contributed by atoms with van der Waals surface area (Å²) >= 11 is 0. The third-order valence-electron chi connectivity index (χ3n) is 4.15. The van der Waals surface area contributed by atoms with Gasteiger partial charge in [0, 0.05) is 12.1 Å². The standard InChI is InChI=1S/C16H22N4O3S/c1-12-9-13(7-8-17-12)19-24(21,22)14-10-18-20(11-14)15-5-3-4-6-16(15)23-2/h3-6,10-13,17,19H,7-9H2,1-2H3. The van der Waals surface area contributed by atoms with Crippen LogP contribution in [0.3, 0.4) is 0 Å². The Labute approximate surface area is 142 Å². The molecule has 1 saturated heterocycles. The zero-order valence-corrected chi connectivity index (χ0v) is 14.6. The smallest absolute Gasteiger partial charge is 0.243 e. The number of nitrogens with one attached hydrogen (secondary N) is 2. The van der Waals surface area contributed by atoms with Crippen LogP contribution < -0.4 is 14.8 Å². The van der Waals surface area contributed by atoms with E-state index in [1.165, 1.54) is 17.1 Å². The van der Waals surface area contributed by atoms with Crippen molar-refractivity contribution in [2.75, 3.05) is 13.7 Å². The Kier molecular flexibility index (Phi) is 4.88. The first-order valence-corrected chi connectivity index (χ1v) is 9.41. The molecule has 7 nitrogen and oxygen atoms in total. The maximum atomic E-state index is 12.6. The molecule has 0 saturated carbocycles. The first-order chi connectivity index (χ1) is 11.5. The fourth-order valence-electron chi connectivity index (χ4n) is 2.92. The van der Waals surface area contributed by atoms with Gasteiger partial charge in [0.25, 0.3) is 0 Å². The van der Waals surface area contributed by atoms with Gasteiger partial charge in [-0.05, 0) is 38.4 Å². The monoisotopic (exact) mass is 350 g/mol. The minimum Gasteiger partial charge on any atom is -0.494 e. The molecule has 0 bridgehead atoms. The Hall–Kier alpha value is -1.90. The van der Waals surface area contributed by atoms with Crippen LogP contribution in [0.15, 0.2) is 41.6 Å². The molecule has 2 heterocycles. The normalized spacial score (nSPS) is 21.6. The first kappa shape index (κ1) is 16.9. The van der Waals surface area contributed by atoms with Gasteiger partial charge in [-0.25, -0.2) is 17.8 Å². The zero-order chi connectivity index (χ0) is 17.2. The maximum Gasteiger partial charge on any atom is 0.243 e. The summed E-state index contributed by atoms with van der Waals surface area (Å²) in [5.74, 6) is 0.629. The Morgan fingerprint density at radius 1 is 1.38 bits per heavy atom. The lowest BCUT2D eigenvalue weighted by Crippen LogP contribution is -2.46. The summed E-state index contributed by atoms with van der Waals surface area (Å²) < 4.78 is 34.8. The average Bonchev–Trinajstić information content (AvgIpc) is 3.05. The van der Waals surface area contributed by atoms with E-state index in [4.69, 9.17) is 4.74 Å². The molecule has 1 aliphatic rings. The minimum atomic E-state index is -3.59. The van der Waals surface area contributed by atoms with Crippen molar-refractivity contribution in [1.82, 2.24) is 19.8 Å². The molecule has 2 aromatic rings. The lowest BCUT2D eigenvalue weighted by atomic mass is 10.0. The van der Waals surface area contributed by atoms with Crippen molar-refractivity contribution in [3.63, 3.8) is 0 Å². The average molecular weight is 350 g/mol. The summed E-state index contributed by atoms with van der Waals surface area (Å²) in [5, 5.41) is 7.49. The summed E-state index contributed by atoms with van der Waals surface area (Å²) in [6.07, 6.45) is 4.42. The molecule has 2 N–H and O–H groups in total. The summed E-state index contributed by atoms with van der Waals surface area (Å²) in [5.41, 5.74) is 0.692. The molecule has 3 rings (SSSR count). The van der Waals surface area contributed by atoms with E-state index >= 15 is 0 Å². The van der Waals surface area contributed by atoms with E-state index in [1.807, 2.05) is 18.2 Å². The molecule has 0 amide bonds. The van der Waals surface area contributed by atoms with E-state index in [9.17, 15) is 8.42 Å². The van der Waals surface area contributed by atoms with Gasteiger partial charge in [0.2, 0.25) is 10.0 Å². The molecule has 0 aliphatic carbocycles. The highest BCUT2D eigenvalue weighted by Crippen LogP contribution is 2.23. The third-order valence-corrected chi connectivity index (χ3v) is 5.62. The second-order valence-electron chi connectivity index (χ2n) is 5.99. The molecule has 0 radical (unpaired) electrons. The van der Waals surface area contributed by atoms with Crippen LogP contribution in [0.5, 0.6) is 5.75 Å². The van der Waals surface area contributed by atoms with Gasteiger partial charge in [0.1, 0.15) is 16.3 Å². The largest absolute Gasteiger partial charge is 0.494 e. The molecule has 1 aromatic heterocycles. The maximum absolute atomic E-state index is 12.6. The van der Waals surface area contributed by atoms with Gasteiger partial charge in [-0.3, -0.25) is 0 Å². The highest BCUT2D eigenvalue weighted by molar-refractivity contribution is 7.89. The van der Waals surface area contributed by atoms with Gasteiger partial charge < -0.3 is 10.1 Å². The predicted octanol–water partition coefficient (Wildman–Crippen LogP) is 1.30. The zero-order valence-electron chi connectivity index (χ0n) is 13.8. The number of benzene rings is 1. The number of sulfonamides is 1. The highest BCUT2D eigenvalue weighted by atomic mass is 32.2. The van der Waals surface area contributed by atoms with E-state index in [0.29, 0.717) is 17.5 Å². The van der Waals surface area contributed by atoms with Crippen molar-refractivity contribution < 1.29 is 13.2 Å². The number of aromatic nitrogens is 2. The summed E-state index contributed by atoms with van der Waals surface area (Å²) in [6.45, 7) is 2.87. The van der Waals surface area contributed by atoms with Crippen LogP contribution in [0.2, 0.25) is 0 Å². The van der Waals surface area contributed by atoms with Crippen molar-refractivity contribution in [3.8, 4) is 11.4 Å². The quantitative estimate of drug-likeness (QED) is 0.849. The van der Waals surface area contributed by atoms with Crippen molar-refractivity contribution in [3.05, 3.63) is 36.7 Å². The van der Waals surface area contributed by atoms with E-state index in [1.54, 1.807) is 13.2 Å². The molecule has 130 valence electrons. The molecular formula is C16H22N4O3S. The Balaban J connectivity index is 1.81. The Morgan fingerprint density at radius 3 is 2.92 bits per heavy atom. The molecule has 2 unspecified atom stereocenters. The van der Waals surface area contributed by atoms with Crippen LogP contribution in [-0.4, -0.2) is 43.9 Å². The van der Waals surface area contributed by atoms with Crippen molar-refractivity contribution in [2.24, 2.45) is 0 Å². The summed E-state index contributed by atoms with van der Waals surface area (Å²) in [6, 6.07) is 7.58. The first-order valence-electron chi connectivity index (χ1n) is 7.93. The van der Waals surface area contributed by atoms with Gasteiger partial charge >= 0.3 is 0 Å². The number of methoxy groups -OCH3 is 1. The van der Waals surface area contributed by atoms with Crippen molar-refractivity contribution in [1.29, 1.82) is 0 Å². The number of ether oxygens (including phenoxy) is 1. The lowest BCUT2D eigenvalue weighted by Gasteiger charge is -2.28. The molecule has 0 spiro atoms. The number of rotatable bonds is 5. The topological polar surface area (TPSA) is 85.2 Å². The van der Waals surface area contributed by atoms with Gasteiger partial charge in [-0.1, -0.05) is 12.1 Å². The van der Waals surface area contributed by atoms with Crippen molar-refractivity contribution >= 4 is 10.0 Å². The fraction of sp³-hybridized carbons (Fsp3) is 0.438. The summed E-state index contributed by atoms with van der Waals surface area (Å²) in [4.78, 5) is 0.152. The Bertz CT molecular complexity index is 803. The van der Waals surface area contributed by atoms with Crippen LogP contribution in [-0.2, 0) is 10.0 Å². The van der Waals surface area contributed by atoms with E-state index < -0.39 is 10.0 Å². The lowest BCUT2D eigenvalue weighted by molar-refractivity contribution is 0.361. The number of hydrogen-bond donors (Lipinski definition) is 2. The number of piperidine rings is 1. The number of para-hydroxylation sites is 2. The van der Waals surface area contributed by atoms with Crippen LogP contribution in [0, 0.1) is 0 Å². The molecule has 1 aromatic carbocycles. The minimum absolute atomic E-state index is 0.0548. The van der Waals surface area contributed by atoms with Gasteiger partial charge in [0.05, 0.1) is 19.5 Å². The predicted molar refractivity (Wildman–Crippen MR) is 90.9 cm³/mol. The number of nitrogens with zero attached hydrogens (tertiary/aromatic N) is 2. The molecule has 8 heteroatoms. The Morgan fingerprint density at radius 2 is 2.17 bits per heavy atom. The van der Waals surface area contributed by atoms with E-state index in [0.717, 1.165) is 19.4 Å². The number of hydrogen-bond acceptors (Lipinski definition) is 5. The second-order valence-corrected chi connectivity index (χ2v) is 7.70. The molecule has 1 aliphatic heterocycles. The van der Waals surface area contributed by atoms with Crippen molar-refractivity contribution in [2.45, 2.75) is 36.7 Å². The summed E-state index contributed by atoms with van der Waals surface area (Å²) in [7, 11) is -2.02. The molecular weight excluding hydrogens is 328 g/mol. The second kappa shape index (κ2) is 6.92. The molecule has 1 fully saturated rings.